The van der Waals surface area contributed by atoms with Crippen molar-refractivity contribution in [1.29, 1.82) is 0 Å². The lowest BCUT2D eigenvalue weighted by Gasteiger charge is -2.33. The quantitative estimate of drug-likeness (QED) is 0.743. The molecule has 1 nitrogen and oxygen atoms in total. The molecule has 0 aromatic carbocycles. The Kier molecular flexibility index (Phi) is 5.87. The Morgan fingerprint density at radius 2 is 1.89 bits per heavy atom. The van der Waals surface area contributed by atoms with E-state index in [1.54, 1.807) is 0 Å². The van der Waals surface area contributed by atoms with Crippen LogP contribution in [0.25, 0.3) is 0 Å². The third-order valence-corrected chi connectivity index (χ3v) is 4.39. The summed E-state index contributed by atoms with van der Waals surface area (Å²) in [7, 11) is 0. The summed E-state index contributed by atoms with van der Waals surface area (Å²) in [4.78, 5) is 1.52. The van der Waals surface area contributed by atoms with Crippen LogP contribution in [0.15, 0.2) is 17.5 Å². The molecule has 0 saturated heterocycles. The minimum absolute atomic E-state index is 0.220. The average Bonchev–Trinajstić information content (AvgIpc) is 2.76. The van der Waals surface area contributed by atoms with E-state index in [-0.39, 0.29) is 5.54 Å². The van der Waals surface area contributed by atoms with E-state index in [9.17, 15) is 0 Å². The normalized spacial score (nSPS) is 15.6. The van der Waals surface area contributed by atoms with Crippen molar-refractivity contribution in [3.63, 3.8) is 0 Å². The SMILES string of the molecule is CCCC(C)(CCc1cccs1)CNC(C)(C)C. The molecule has 2 heteroatoms. The highest BCUT2D eigenvalue weighted by Crippen LogP contribution is 2.30. The summed E-state index contributed by atoms with van der Waals surface area (Å²) in [6, 6.07) is 4.42. The molecular formula is C16H29NS. The minimum Gasteiger partial charge on any atom is -0.312 e. The number of rotatable bonds is 7. The van der Waals surface area contributed by atoms with Crippen molar-refractivity contribution < 1.29 is 0 Å². The molecule has 0 bridgehead atoms. The fourth-order valence-corrected chi connectivity index (χ4v) is 2.97. The van der Waals surface area contributed by atoms with Gasteiger partial charge in [0.15, 0.2) is 0 Å². The molecule has 1 unspecified atom stereocenters. The first-order valence-corrected chi connectivity index (χ1v) is 8.00. The average molecular weight is 267 g/mol. The Balaban J connectivity index is 2.50. The van der Waals surface area contributed by atoms with E-state index < -0.39 is 0 Å². The van der Waals surface area contributed by atoms with Crippen molar-refractivity contribution in [2.24, 2.45) is 5.41 Å². The second-order valence-electron chi connectivity index (χ2n) is 6.74. The Morgan fingerprint density at radius 1 is 1.17 bits per heavy atom. The van der Waals surface area contributed by atoms with Gasteiger partial charge in [0.2, 0.25) is 0 Å². The molecule has 0 saturated carbocycles. The minimum atomic E-state index is 0.220. The van der Waals surface area contributed by atoms with E-state index in [1.807, 2.05) is 11.3 Å². The van der Waals surface area contributed by atoms with Crippen molar-refractivity contribution in [3.8, 4) is 0 Å². The van der Waals surface area contributed by atoms with Gasteiger partial charge in [0.1, 0.15) is 0 Å². The highest BCUT2D eigenvalue weighted by atomic mass is 32.1. The van der Waals surface area contributed by atoms with Gasteiger partial charge in [-0.25, -0.2) is 0 Å². The van der Waals surface area contributed by atoms with E-state index in [1.165, 1.54) is 30.6 Å². The van der Waals surface area contributed by atoms with Crippen LogP contribution >= 0.6 is 11.3 Å². The highest BCUT2D eigenvalue weighted by Gasteiger charge is 2.25. The number of thiophene rings is 1. The molecule has 0 aliphatic carbocycles. The van der Waals surface area contributed by atoms with Crippen molar-refractivity contribution in [1.82, 2.24) is 5.32 Å². The fraction of sp³-hybridized carbons (Fsp3) is 0.750. The lowest BCUT2D eigenvalue weighted by molar-refractivity contribution is 0.229. The first-order chi connectivity index (χ1) is 8.35. The van der Waals surface area contributed by atoms with E-state index in [2.05, 4.69) is 57.4 Å². The highest BCUT2D eigenvalue weighted by molar-refractivity contribution is 7.09. The van der Waals surface area contributed by atoms with Crippen LogP contribution in [0.4, 0.5) is 0 Å². The molecular weight excluding hydrogens is 238 g/mol. The number of hydrogen-bond donors (Lipinski definition) is 1. The van der Waals surface area contributed by atoms with Gasteiger partial charge < -0.3 is 5.32 Å². The molecule has 0 radical (unpaired) electrons. The lowest BCUT2D eigenvalue weighted by Crippen LogP contribution is -2.43. The van der Waals surface area contributed by atoms with Gasteiger partial charge >= 0.3 is 0 Å². The second-order valence-corrected chi connectivity index (χ2v) is 7.78. The van der Waals surface area contributed by atoms with Crippen molar-refractivity contribution in [2.75, 3.05) is 6.54 Å². The third kappa shape index (κ3) is 6.01. The van der Waals surface area contributed by atoms with Gasteiger partial charge in [-0.3, -0.25) is 0 Å². The van der Waals surface area contributed by atoms with Crippen LogP contribution in [0, 0.1) is 5.41 Å². The molecule has 0 spiro atoms. The van der Waals surface area contributed by atoms with Crippen LogP contribution in [0.1, 0.15) is 58.8 Å². The van der Waals surface area contributed by atoms with Crippen LogP contribution in [-0.2, 0) is 6.42 Å². The third-order valence-electron chi connectivity index (χ3n) is 3.45. The molecule has 1 N–H and O–H groups in total. The van der Waals surface area contributed by atoms with Gasteiger partial charge in [-0.2, -0.15) is 0 Å². The second kappa shape index (κ2) is 6.72. The van der Waals surface area contributed by atoms with Crippen LogP contribution < -0.4 is 5.32 Å². The summed E-state index contributed by atoms with van der Waals surface area (Å²) in [6.07, 6.45) is 5.08. The van der Waals surface area contributed by atoms with Crippen LogP contribution in [0.2, 0.25) is 0 Å². The summed E-state index contributed by atoms with van der Waals surface area (Å²) < 4.78 is 0. The molecule has 1 aromatic heterocycles. The fourth-order valence-electron chi connectivity index (χ4n) is 2.26. The van der Waals surface area contributed by atoms with E-state index >= 15 is 0 Å². The number of nitrogens with one attached hydrogen (secondary N) is 1. The number of hydrogen-bond acceptors (Lipinski definition) is 2. The predicted molar refractivity (Wildman–Crippen MR) is 83.4 cm³/mol. The summed E-state index contributed by atoms with van der Waals surface area (Å²) in [5, 5.41) is 5.86. The molecule has 1 aromatic rings. The molecule has 1 rings (SSSR count). The Bertz CT molecular complexity index is 323. The van der Waals surface area contributed by atoms with Crippen LogP contribution in [-0.4, -0.2) is 12.1 Å². The summed E-state index contributed by atoms with van der Waals surface area (Å²) in [6.45, 7) is 12.6. The van der Waals surface area contributed by atoms with Crippen LogP contribution in [0.3, 0.4) is 0 Å². The largest absolute Gasteiger partial charge is 0.312 e. The summed E-state index contributed by atoms with van der Waals surface area (Å²) in [5.74, 6) is 0. The molecule has 0 aliphatic rings. The maximum Gasteiger partial charge on any atom is 0.00967 e. The number of aryl methyl sites for hydroxylation is 1. The van der Waals surface area contributed by atoms with Gasteiger partial charge in [0.05, 0.1) is 0 Å². The first kappa shape index (κ1) is 15.7. The van der Waals surface area contributed by atoms with Crippen LogP contribution in [0.5, 0.6) is 0 Å². The zero-order chi connectivity index (χ0) is 13.6. The first-order valence-electron chi connectivity index (χ1n) is 7.12. The Morgan fingerprint density at radius 3 is 2.39 bits per heavy atom. The van der Waals surface area contributed by atoms with Gasteiger partial charge in [0.25, 0.3) is 0 Å². The maximum absolute atomic E-state index is 3.68. The maximum atomic E-state index is 3.68. The smallest absolute Gasteiger partial charge is 0.00967 e. The molecule has 1 atom stereocenters. The molecule has 0 aliphatic heterocycles. The predicted octanol–water partition coefficient (Wildman–Crippen LogP) is 4.88. The van der Waals surface area contributed by atoms with Crippen molar-refractivity contribution in [3.05, 3.63) is 22.4 Å². The lowest BCUT2D eigenvalue weighted by atomic mass is 9.80. The van der Waals surface area contributed by atoms with Gasteiger partial charge in [-0.05, 0) is 56.9 Å². The topological polar surface area (TPSA) is 12.0 Å². The van der Waals surface area contributed by atoms with Crippen molar-refractivity contribution >= 4 is 11.3 Å². The monoisotopic (exact) mass is 267 g/mol. The van der Waals surface area contributed by atoms with Crippen molar-refractivity contribution in [2.45, 2.75) is 65.8 Å². The summed E-state index contributed by atoms with van der Waals surface area (Å²) in [5.41, 5.74) is 0.643. The zero-order valence-corrected chi connectivity index (χ0v) is 13.5. The van der Waals surface area contributed by atoms with E-state index in [4.69, 9.17) is 0 Å². The summed E-state index contributed by atoms with van der Waals surface area (Å²) >= 11 is 1.88. The van der Waals surface area contributed by atoms with Gasteiger partial charge in [0, 0.05) is 17.0 Å². The Hall–Kier alpha value is -0.340. The van der Waals surface area contributed by atoms with E-state index in [0.717, 1.165) is 6.54 Å². The van der Waals surface area contributed by atoms with E-state index in [0.29, 0.717) is 5.41 Å². The van der Waals surface area contributed by atoms with Gasteiger partial charge in [-0.1, -0.05) is 26.3 Å². The standard InChI is InChI=1S/C16H29NS/c1-6-10-16(5,13-17-15(2,3)4)11-9-14-8-7-12-18-14/h7-8,12,17H,6,9-11,13H2,1-5H3. The molecule has 18 heavy (non-hydrogen) atoms. The molecule has 0 fully saturated rings. The molecule has 1 heterocycles. The molecule has 0 amide bonds. The van der Waals surface area contributed by atoms with Gasteiger partial charge in [-0.15, -0.1) is 11.3 Å². The molecule has 104 valence electrons. The Labute approximate surface area is 117 Å². The zero-order valence-electron chi connectivity index (χ0n) is 12.7.